The van der Waals surface area contributed by atoms with Crippen LogP contribution in [0.3, 0.4) is 0 Å². The summed E-state index contributed by atoms with van der Waals surface area (Å²) in [4.78, 5) is 24.9. The predicted octanol–water partition coefficient (Wildman–Crippen LogP) is 1.22. The number of aliphatic hydroxyl groups excluding tert-OH is 1. The van der Waals surface area contributed by atoms with Crippen LogP contribution >= 0.6 is 0 Å². The number of aromatic hydroxyl groups is 2. The largest absolute Gasteiger partial charge is 0.507 e. The van der Waals surface area contributed by atoms with E-state index < -0.39 is 29.2 Å². The number of methoxy groups -OCH3 is 1. The molecule has 23 heavy (non-hydrogen) atoms. The number of phenolic OH excluding ortho intramolecular Hbond substituents is 2. The summed E-state index contributed by atoms with van der Waals surface area (Å²) < 4.78 is 10.1. The molecule has 0 saturated heterocycles. The Hall–Kier alpha value is -3.06. The lowest BCUT2D eigenvalue weighted by atomic mass is 10.1. The fourth-order valence-corrected chi connectivity index (χ4v) is 2.45. The van der Waals surface area contributed by atoms with Crippen molar-refractivity contribution in [1.82, 2.24) is 0 Å². The molecule has 1 heterocycles. The third kappa shape index (κ3) is 2.27. The van der Waals surface area contributed by atoms with Gasteiger partial charge >= 0.3 is 5.63 Å². The van der Waals surface area contributed by atoms with Crippen molar-refractivity contribution in [2.24, 2.45) is 0 Å². The molecule has 0 radical (unpaired) electrons. The Morgan fingerprint density at radius 1 is 1.04 bits per heavy atom. The minimum absolute atomic E-state index is 0.173. The van der Waals surface area contributed by atoms with Gasteiger partial charge in [-0.3, -0.25) is 4.79 Å². The van der Waals surface area contributed by atoms with E-state index in [-0.39, 0.29) is 33.1 Å². The molecule has 7 nitrogen and oxygen atoms in total. The molecule has 0 aliphatic rings. The van der Waals surface area contributed by atoms with Crippen molar-refractivity contribution in [1.29, 1.82) is 0 Å². The molecule has 3 N–H and O–H groups in total. The summed E-state index contributed by atoms with van der Waals surface area (Å²) in [7, 11) is 1.35. The lowest BCUT2D eigenvalue weighted by Crippen LogP contribution is -2.02. The first-order chi connectivity index (χ1) is 11.0. The van der Waals surface area contributed by atoms with E-state index in [2.05, 4.69) is 0 Å². The highest BCUT2D eigenvalue weighted by Gasteiger charge is 2.16. The van der Waals surface area contributed by atoms with Crippen LogP contribution in [0, 0.1) is 0 Å². The summed E-state index contributed by atoms with van der Waals surface area (Å²) >= 11 is 0. The number of rotatable bonds is 2. The summed E-state index contributed by atoms with van der Waals surface area (Å²) in [5.41, 5.74) is -1.55. The van der Waals surface area contributed by atoms with Gasteiger partial charge in [-0.15, -0.1) is 0 Å². The molecular formula is C16H12O7. The van der Waals surface area contributed by atoms with Crippen LogP contribution in [0.15, 0.2) is 38.3 Å². The van der Waals surface area contributed by atoms with Crippen molar-refractivity contribution in [2.45, 2.75) is 6.61 Å². The molecule has 0 aliphatic carbocycles. The van der Waals surface area contributed by atoms with Gasteiger partial charge in [0.05, 0.1) is 24.5 Å². The van der Waals surface area contributed by atoms with Gasteiger partial charge in [0.15, 0.2) is 0 Å². The molecule has 7 heteroatoms. The smallest absolute Gasteiger partial charge is 0.344 e. The normalized spacial score (nSPS) is 11.0. The molecule has 0 saturated carbocycles. The summed E-state index contributed by atoms with van der Waals surface area (Å²) in [5.74, 6) is -0.732. The minimum atomic E-state index is -0.879. The Balaban J connectivity index is 2.66. The monoisotopic (exact) mass is 316 g/mol. The van der Waals surface area contributed by atoms with E-state index in [9.17, 15) is 19.8 Å². The molecule has 118 valence electrons. The number of benzene rings is 2. The fourth-order valence-electron chi connectivity index (χ4n) is 2.45. The predicted molar refractivity (Wildman–Crippen MR) is 82.1 cm³/mol. The Bertz CT molecular complexity index is 1050. The number of phenols is 2. The highest BCUT2D eigenvalue weighted by molar-refractivity contribution is 5.96. The van der Waals surface area contributed by atoms with E-state index in [1.54, 1.807) is 0 Å². The van der Waals surface area contributed by atoms with Crippen LogP contribution in [0.5, 0.6) is 17.2 Å². The van der Waals surface area contributed by atoms with Gasteiger partial charge in [0, 0.05) is 6.07 Å². The quantitative estimate of drug-likeness (QED) is 0.650. The van der Waals surface area contributed by atoms with Gasteiger partial charge in [-0.2, -0.15) is 0 Å². The highest BCUT2D eigenvalue weighted by Crippen LogP contribution is 2.29. The maximum Gasteiger partial charge on any atom is 0.344 e. The summed E-state index contributed by atoms with van der Waals surface area (Å²) in [6.45, 7) is -0.404. The van der Waals surface area contributed by atoms with Gasteiger partial charge in [0.1, 0.15) is 28.2 Å². The van der Waals surface area contributed by atoms with Crippen LogP contribution < -0.4 is 15.8 Å². The molecule has 0 atom stereocenters. The van der Waals surface area contributed by atoms with Crippen LogP contribution in [-0.2, 0) is 6.61 Å². The van der Waals surface area contributed by atoms with Crippen LogP contribution in [0.25, 0.3) is 21.7 Å². The first-order valence-electron chi connectivity index (χ1n) is 6.61. The molecule has 0 amide bonds. The SMILES string of the molecule is COc1cc(O)c2c(=O)c3c(O)cc(CO)cc3oc(=O)c2c1. The maximum absolute atomic E-state index is 12.7. The Labute approximate surface area is 128 Å². The van der Waals surface area contributed by atoms with Gasteiger partial charge in [-0.05, 0) is 23.8 Å². The van der Waals surface area contributed by atoms with Crippen LogP contribution in [0.4, 0.5) is 0 Å². The first-order valence-corrected chi connectivity index (χ1v) is 6.61. The highest BCUT2D eigenvalue weighted by atomic mass is 16.5. The zero-order valence-corrected chi connectivity index (χ0v) is 12.0. The molecule has 1 aromatic heterocycles. The number of hydrogen-bond donors (Lipinski definition) is 3. The molecule has 3 rings (SSSR count). The zero-order valence-electron chi connectivity index (χ0n) is 12.0. The molecule has 2 aromatic carbocycles. The average Bonchev–Trinajstić information content (AvgIpc) is 2.62. The molecule has 0 unspecified atom stereocenters. The summed E-state index contributed by atoms with van der Waals surface area (Å²) in [6.07, 6.45) is 0. The molecule has 0 aliphatic heterocycles. The van der Waals surface area contributed by atoms with Crippen molar-refractivity contribution in [3.05, 3.63) is 50.5 Å². The fraction of sp³-hybridized carbons (Fsp3) is 0.125. The number of aliphatic hydroxyl groups is 1. The van der Waals surface area contributed by atoms with Gasteiger partial charge in [0.2, 0.25) is 5.43 Å². The summed E-state index contributed by atoms with van der Waals surface area (Å²) in [5, 5.41) is 28.6. The van der Waals surface area contributed by atoms with Crippen molar-refractivity contribution >= 4 is 21.7 Å². The van der Waals surface area contributed by atoms with Crippen molar-refractivity contribution < 1.29 is 24.5 Å². The number of hydrogen-bond acceptors (Lipinski definition) is 7. The maximum atomic E-state index is 12.7. The van der Waals surface area contributed by atoms with Gasteiger partial charge in [-0.25, -0.2) is 4.79 Å². The first kappa shape index (κ1) is 14.9. The van der Waals surface area contributed by atoms with Gasteiger partial charge in [-0.1, -0.05) is 0 Å². The Morgan fingerprint density at radius 2 is 1.74 bits per heavy atom. The molecule has 3 aromatic rings. The van der Waals surface area contributed by atoms with E-state index in [0.717, 1.165) is 0 Å². The van der Waals surface area contributed by atoms with E-state index in [1.165, 1.54) is 31.4 Å². The van der Waals surface area contributed by atoms with Crippen molar-refractivity contribution in [3.8, 4) is 17.2 Å². The van der Waals surface area contributed by atoms with Gasteiger partial charge in [0.25, 0.3) is 0 Å². The topological polar surface area (TPSA) is 117 Å². The Morgan fingerprint density at radius 3 is 2.39 bits per heavy atom. The van der Waals surface area contributed by atoms with Gasteiger partial charge < -0.3 is 24.5 Å². The van der Waals surface area contributed by atoms with E-state index in [4.69, 9.17) is 14.3 Å². The third-order valence-electron chi connectivity index (χ3n) is 3.53. The standard InChI is InChI=1S/C16H12O7/c1-22-8-4-9-13(11(19)5-8)15(20)14-10(18)2-7(6-17)3-12(14)23-16(9)21/h2-5,17-19H,6H2,1H3. The van der Waals surface area contributed by atoms with Crippen molar-refractivity contribution in [2.75, 3.05) is 7.11 Å². The Kier molecular flexibility index (Phi) is 3.42. The van der Waals surface area contributed by atoms with Crippen LogP contribution in [0.1, 0.15) is 5.56 Å². The molecule has 0 bridgehead atoms. The number of ether oxygens (including phenoxy) is 1. The van der Waals surface area contributed by atoms with E-state index in [0.29, 0.717) is 0 Å². The lowest BCUT2D eigenvalue weighted by Gasteiger charge is -2.02. The van der Waals surface area contributed by atoms with E-state index >= 15 is 0 Å². The van der Waals surface area contributed by atoms with Crippen LogP contribution in [0.2, 0.25) is 0 Å². The lowest BCUT2D eigenvalue weighted by molar-refractivity contribution is 0.281. The number of fused-ring (bicyclic) bond motifs is 2. The summed E-state index contributed by atoms with van der Waals surface area (Å²) in [6, 6.07) is 4.93. The average molecular weight is 316 g/mol. The molecule has 0 fully saturated rings. The third-order valence-corrected chi connectivity index (χ3v) is 3.53. The second kappa shape index (κ2) is 5.29. The minimum Gasteiger partial charge on any atom is -0.507 e. The van der Waals surface area contributed by atoms with E-state index in [1.807, 2.05) is 0 Å². The van der Waals surface area contributed by atoms with Crippen LogP contribution in [-0.4, -0.2) is 22.4 Å². The zero-order chi connectivity index (χ0) is 16.7. The molecule has 0 spiro atoms. The second-order valence-electron chi connectivity index (χ2n) is 4.93. The molecular weight excluding hydrogens is 304 g/mol. The second-order valence-corrected chi connectivity index (χ2v) is 4.93. The van der Waals surface area contributed by atoms with Crippen molar-refractivity contribution in [3.63, 3.8) is 0 Å².